The highest BCUT2D eigenvalue weighted by Gasteiger charge is 2.12. The molecule has 0 bridgehead atoms. The summed E-state index contributed by atoms with van der Waals surface area (Å²) in [7, 11) is 1.69. The van der Waals surface area contributed by atoms with Crippen molar-refractivity contribution in [1.29, 1.82) is 0 Å². The summed E-state index contributed by atoms with van der Waals surface area (Å²) in [5.74, 6) is 0.874. The minimum atomic E-state index is 0.449. The number of methoxy groups -OCH3 is 1. The Morgan fingerprint density at radius 2 is 2.00 bits per heavy atom. The molecule has 0 fully saturated rings. The zero-order valence-corrected chi connectivity index (χ0v) is 11.6. The fourth-order valence-electron chi connectivity index (χ4n) is 2.50. The third-order valence-corrected chi connectivity index (χ3v) is 3.58. The summed E-state index contributed by atoms with van der Waals surface area (Å²) in [6.07, 6.45) is 1.83. The highest BCUT2D eigenvalue weighted by molar-refractivity contribution is 5.77. The highest BCUT2D eigenvalue weighted by Crippen LogP contribution is 2.33. The summed E-state index contributed by atoms with van der Waals surface area (Å²) in [6, 6.07) is 12.2. The number of hydrogen-bond acceptors (Lipinski definition) is 3. The van der Waals surface area contributed by atoms with Crippen LogP contribution in [0.5, 0.6) is 5.75 Å². The van der Waals surface area contributed by atoms with Gasteiger partial charge in [-0.2, -0.15) is 0 Å². The van der Waals surface area contributed by atoms with Gasteiger partial charge in [0.15, 0.2) is 0 Å². The van der Waals surface area contributed by atoms with Gasteiger partial charge in [0.2, 0.25) is 0 Å². The molecule has 1 aromatic carbocycles. The summed E-state index contributed by atoms with van der Waals surface area (Å²) in [5, 5.41) is 0. The molecule has 0 saturated heterocycles. The molecule has 20 heavy (non-hydrogen) atoms. The standard InChI is InChI=1S/C16H17N3O/c1-11-15(14-5-3-4-6-16(14)20-2)8-13-7-12(9-17)18-10-19(11)13/h3-8,10H,9,17H2,1-2H3. The first-order valence-electron chi connectivity index (χ1n) is 6.54. The number of hydrogen-bond donors (Lipinski definition) is 1. The minimum absolute atomic E-state index is 0.449. The van der Waals surface area contributed by atoms with E-state index < -0.39 is 0 Å². The van der Waals surface area contributed by atoms with Crippen molar-refractivity contribution in [3.05, 3.63) is 54.1 Å². The van der Waals surface area contributed by atoms with Crippen LogP contribution in [-0.4, -0.2) is 16.5 Å². The molecule has 2 aromatic heterocycles. The number of aromatic nitrogens is 2. The van der Waals surface area contributed by atoms with Gasteiger partial charge in [0.25, 0.3) is 0 Å². The van der Waals surface area contributed by atoms with Crippen LogP contribution in [0, 0.1) is 6.92 Å². The number of rotatable bonds is 3. The van der Waals surface area contributed by atoms with Gasteiger partial charge >= 0.3 is 0 Å². The predicted molar refractivity (Wildman–Crippen MR) is 79.8 cm³/mol. The molecule has 0 unspecified atom stereocenters. The molecule has 0 saturated carbocycles. The molecule has 0 aliphatic rings. The summed E-state index contributed by atoms with van der Waals surface area (Å²) in [5.41, 5.74) is 11.0. The number of nitrogens with zero attached hydrogens (tertiary/aromatic N) is 2. The van der Waals surface area contributed by atoms with E-state index in [4.69, 9.17) is 10.5 Å². The summed E-state index contributed by atoms with van der Waals surface area (Å²) in [4.78, 5) is 4.34. The van der Waals surface area contributed by atoms with E-state index >= 15 is 0 Å². The van der Waals surface area contributed by atoms with E-state index in [-0.39, 0.29) is 0 Å². The largest absolute Gasteiger partial charge is 0.496 e. The Bertz CT molecular complexity index is 762. The Labute approximate surface area is 117 Å². The molecule has 2 N–H and O–H groups in total. The first-order valence-corrected chi connectivity index (χ1v) is 6.54. The number of benzene rings is 1. The van der Waals surface area contributed by atoms with Crippen molar-refractivity contribution in [3.63, 3.8) is 0 Å². The Kier molecular flexibility index (Phi) is 3.16. The maximum Gasteiger partial charge on any atom is 0.126 e. The molecule has 0 spiro atoms. The quantitative estimate of drug-likeness (QED) is 0.794. The molecule has 0 aliphatic carbocycles. The Balaban J connectivity index is 2.23. The van der Waals surface area contributed by atoms with Crippen molar-refractivity contribution < 1.29 is 4.74 Å². The average Bonchev–Trinajstić information content (AvgIpc) is 2.83. The number of nitrogens with two attached hydrogens (primary N) is 1. The van der Waals surface area contributed by atoms with Crippen LogP contribution in [0.4, 0.5) is 0 Å². The third-order valence-electron chi connectivity index (χ3n) is 3.58. The van der Waals surface area contributed by atoms with E-state index in [9.17, 15) is 0 Å². The second-order valence-electron chi connectivity index (χ2n) is 4.72. The minimum Gasteiger partial charge on any atom is -0.496 e. The van der Waals surface area contributed by atoms with E-state index in [0.717, 1.165) is 33.8 Å². The molecule has 3 aromatic rings. The van der Waals surface area contributed by atoms with Crippen molar-refractivity contribution in [2.75, 3.05) is 7.11 Å². The number of para-hydroxylation sites is 1. The molecule has 0 atom stereocenters. The predicted octanol–water partition coefficient (Wildman–Crippen LogP) is 2.78. The maximum absolute atomic E-state index is 5.65. The molecular weight excluding hydrogens is 250 g/mol. The van der Waals surface area contributed by atoms with Crippen LogP contribution in [-0.2, 0) is 6.54 Å². The topological polar surface area (TPSA) is 52.5 Å². The normalized spacial score (nSPS) is 10.9. The van der Waals surface area contributed by atoms with Gasteiger partial charge in [-0.3, -0.25) is 0 Å². The third kappa shape index (κ3) is 1.94. The molecule has 2 heterocycles. The van der Waals surface area contributed by atoms with Crippen LogP contribution in [0.3, 0.4) is 0 Å². The molecule has 4 heteroatoms. The molecule has 0 radical (unpaired) electrons. The summed E-state index contributed by atoms with van der Waals surface area (Å²) >= 11 is 0. The second-order valence-corrected chi connectivity index (χ2v) is 4.72. The molecule has 3 rings (SSSR count). The fourth-order valence-corrected chi connectivity index (χ4v) is 2.50. The Morgan fingerprint density at radius 1 is 1.20 bits per heavy atom. The fraction of sp³-hybridized carbons (Fsp3) is 0.188. The van der Waals surface area contributed by atoms with Crippen LogP contribution in [0.1, 0.15) is 11.4 Å². The Morgan fingerprint density at radius 3 is 2.75 bits per heavy atom. The van der Waals surface area contributed by atoms with Crippen LogP contribution >= 0.6 is 0 Å². The van der Waals surface area contributed by atoms with E-state index in [1.165, 1.54) is 0 Å². The lowest BCUT2D eigenvalue weighted by molar-refractivity contribution is 0.416. The van der Waals surface area contributed by atoms with Crippen LogP contribution < -0.4 is 10.5 Å². The van der Waals surface area contributed by atoms with E-state index in [1.54, 1.807) is 7.11 Å². The number of aryl methyl sites for hydroxylation is 1. The van der Waals surface area contributed by atoms with E-state index in [1.807, 2.05) is 30.6 Å². The summed E-state index contributed by atoms with van der Waals surface area (Å²) < 4.78 is 7.52. The highest BCUT2D eigenvalue weighted by atomic mass is 16.5. The summed E-state index contributed by atoms with van der Waals surface area (Å²) in [6.45, 7) is 2.53. The van der Waals surface area contributed by atoms with Crippen LogP contribution in [0.25, 0.3) is 16.6 Å². The van der Waals surface area contributed by atoms with Crippen LogP contribution in [0.2, 0.25) is 0 Å². The number of fused-ring (bicyclic) bond motifs is 1. The SMILES string of the molecule is COc1ccccc1-c1cc2cc(CN)ncn2c1C. The molecular formula is C16H17N3O. The van der Waals surface area contributed by atoms with Gasteiger partial charge in [0.1, 0.15) is 5.75 Å². The van der Waals surface area contributed by atoms with Gasteiger partial charge < -0.3 is 14.9 Å². The van der Waals surface area contributed by atoms with E-state index in [2.05, 4.69) is 28.4 Å². The smallest absolute Gasteiger partial charge is 0.126 e. The first kappa shape index (κ1) is 12.7. The van der Waals surface area contributed by atoms with Crippen molar-refractivity contribution in [1.82, 2.24) is 9.38 Å². The van der Waals surface area contributed by atoms with Crippen molar-refractivity contribution in [3.8, 4) is 16.9 Å². The van der Waals surface area contributed by atoms with Gasteiger partial charge in [-0.25, -0.2) is 4.98 Å². The van der Waals surface area contributed by atoms with Gasteiger partial charge in [0, 0.05) is 28.9 Å². The van der Waals surface area contributed by atoms with Gasteiger partial charge in [-0.1, -0.05) is 18.2 Å². The zero-order chi connectivity index (χ0) is 14.1. The zero-order valence-electron chi connectivity index (χ0n) is 11.6. The van der Waals surface area contributed by atoms with Crippen molar-refractivity contribution in [2.45, 2.75) is 13.5 Å². The average molecular weight is 267 g/mol. The monoisotopic (exact) mass is 267 g/mol. The van der Waals surface area contributed by atoms with Crippen molar-refractivity contribution >= 4 is 5.52 Å². The van der Waals surface area contributed by atoms with E-state index in [0.29, 0.717) is 6.54 Å². The molecule has 102 valence electrons. The van der Waals surface area contributed by atoms with Gasteiger partial charge in [-0.05, 0) is 25.1 Å². The molecule has 0 aliphatic heterocycles. The first-order chi connectivity index (χ1) is 9.74. The second kappa shape index (κ2) is 4.98. The lowest BCUT2D eigenvalue weighted by atomic mass is 10.1. The maximum atomic E-state index is 5.65. The van der Waals surface area contributed by atoms with Gasteiger partial charge in [-0.15, -0.1) is 0 Å². The van der Waals surface area contributed by atoms with Gasteiger partial charge in [0.05, 0.1) is 19.1 Å². The Hall–Kier alpha value is -2.33. The van der Waals surface area contributed by atoms with Crippen LogP contribution in [0.15, 0.2) is 42.7 Å². The van der Waals surface area contributed by atoms with Crippen molar-refractivity contribution in [2.24, 2.45) is 5.73 Å². The lowest BCUT2D eigenvalue weighted by Gasteiger charge is -2.07. The molecule has 0 amide bonds. The number of ether oxygens (including phenoxy) is 1. The lowest BCUT2D eigenvalue weighted by Crippen LogP contribution is -2.01. The molecule has 4 nitrogen and oxygen atoms in total.